The molecule has 0 bridgehead atoms. The average Bonchev–Trinajstić information content (AvgIpc) is 3.13. The predicted molar refractivity (Wildman–Crippen MR) is 103 cm³/mol. The van der Waals surface area contributed by atoms with E-state index < -0.39 is 30.1 Å². The van der Waals surface area contributed by atoms with E-state index in [1.54, 1.807) is 26.0 Å². The van der Waals surface area contributed by atoms with Gasteiger partial charge in [0.1, 0.15) is 11.6 Å². The van der Waals surface area contributed by atoms with Crippen molar-refractivity contribution in [3.8, 4) is 6.07 Å². The molecule has 2 N–H and O–H groups in total. The molecule has 1 atom stereocenters. The van der Waals surface area contributed by atoms with Crippen LogP contribution in [0.3, 0.4) is 0 Å². The third kappa shape index (κ3) is 5.32. The lowest BCUT2D eigenvalue weighted by Crippen LogP contribution is -2.49. The van der Waals surface area contributed by atoms with E-state index in [0.29, 0.717) is 18.4 Å². The van der Waals surface area contributed by atoms with Crippen LogP contribution in [-0.2, 0) is 14.3 Å². The third-order valence-corrected chi connectivity index (χ3v) is 4.99. The zero-order valence-electron chi connectivity index (χ0n) is 16.6. The fourth-order valence-electron chi connectivity index (χ4n) is 3.32. The molecule has 0 heterocycles. The number of nitrogens with zero attached hydrogens (tertiary/aromatic N) is 1. The number of carbonyl (C=O) groups is 3. The van der Waals surface area contributed by atoms with Crippen molar-refractivity contribution in [2.24, 2.45) is 5.92 Å². The van der Waals surface area contributed by atoms with Gasteiger partial charge in [-0.05, 0) is 50.2 Å². The molecule has 150 valence electrons. The molecule has 1 aromatic rings. The minimum absolute atomic E-state index is 0.219. The number of esters is 1. The molecule has 1 aliphatic rings. The molecule has 1 fully saturated rings. The van der Waals surface area contributed by atoms with Crippen molar-refractivity contribution in [1.82, 2.24) is 10.6 Å². The number of benzene rings is 1. The van der Waals surface area contributed by atoms with Crippen LogP contribution in [-0.4, -0.2) is 36.0 Å². The van der Waals surface area contributed by atoms with Gasteiger partial charge in [-0.3, -0.25) is 9.59 Å². The number of hydrogen-bond acceptors (Lipinski definition) is 5. The van der Waals surface area contributed by atoms with Gasteiger partial charge in [0.2, 0.25) is 0 Å². The second-order valence-corrected chi connectivity index (χ2v) is 7.57. The van der Waals surface area contributed by atoms with Crippen LogP contribution in [0.25, 0.3) is 0 Å². The number of amides is 2. The summed E-state index contributed by atoms with van der Waals surface area (Å²) in [5.41, 5.74) is 0.421. The quantitative estimate of drug-likeness (QED) is 0.700. The third-order valence-electron chi connectivity index (χ3n) is 4.99. The first kappa shape index (κ1) is 21.4. The molecular weight excluding hydrogens is 358 g/mol. The highest BCUT2D eigenvalue weighted by molar-refractivity contribution is 5.98. The minimum atomic E-state index is -0.878. The van der Waals surface area contributed by atoms with E-state index in [2.05, 4.69) is 16.7 Å². The Bertz CT molecular complexity index is 776. The number of nitriles is 1. The van der Waals surface area contributed by atoms with Gasteiger partial charge in [0.25, 0.3) is 11.8 Å². The maximum absolute atomic E-state index is 12.5. The fraction of sp³-hybridized carbons (Fsp3) is 0.524. The summed E-state index contributed by atoms with van der Waals surface area (Å²) in [5.74, 6) is -1.77. The van der Waals surface area contributed by atoms with Crippen LogP contribution < -0.4 is 10.6 Å². The van der Waals surface area contributed by atoms with Crippen LogP contribution in [0.5, 0.6) is 0 Å². The number of rotatable bonds is 7. The summed E-state index contributed by atoms with van der Waals surface area (Å²) < 4.78 is 5.12. The molecule has 0 radical (unpaired) electrons. The van der Waals surface area contributed by atoms with Gasteiger partial charge in [0.15, 0.2) is 6.61 Å². The van der Waals surface area contributed by atoms with E-state index in [9.17, 15) is 19.6 Å². The summed E-state index contributed by atoms with van der Waals surface area (Å²) in [6, 6.07) is 8.36. The lowest BCUT2D eigenvalue weighted by molar-refractivity contribution is -0.151. The standard InChI is InChI=1S/C21H27N3O4/c1-14(2)18(23-19(26)16-9-5-4-8-15(16)3)20(27)28-12-17(25)24-21(13-22)10-6-7-11-21/h4-5,8-9,14,18H,6-7,10-12H2,1-3H3,(H,23,26)(H,24,25)/t18-/m0/s1. The molecule has 2 rings (SSSR count). The Kier molecular flexibility index (Phi) is 7.16. The highest BCUT2D eigenvalue weighted by Crippen LogP contribution is 2.28. The van der Waals surface area contributed by atoms with Crippen molar-refractivity contribution >= 4 is 17.8 Å². The van der Waals surface area contributed by atoms with Crippen molar-refractivity contribution in [3.05, 3.63) is 35.4 Å². The first-order valence-electron chi connectivity index (χ1n) is 9.53. The van der Waals surface area contributed by atoms with E-state index in [-0.39, 0.29) is 11.8 Å². The second-order valence-electron chi connectivity index (χ2n) is 7.57. The maximum atomic E-state index is 12.5. The number of ether oxygens (including phenoxy) is 1. The number of hydrogen-bond donors (Lipinski definition) is 2. The topological polar surface area (TPSA) is 108 Å². The van der Waals surface area contributed by atoms with Crippen molar-refractivity contribution in [3.63, 3.8) is 0 Å². The molecule has 0 aromatic heterocycles. The Hall–Kier alpha value is -2.88. The molecule has 7 heteroatoms. The molecule has 0 saturated heterocycles. The van der Waals surface area contributed by atoms with Crippen LogP contribution in [0.1, 0.15) is 55.5 Å². The van der Waals surface area contributed by atoms with E-state index in [4.69, 9.17) is 4.74 Å². The fourth-order valence-corrected chi connectivity index (χ4v) is 3.32. The van der Waals surface area contributed by atoms with Crippen molar-refractivity contribution in [2.75, 3.05) is 6.61 Å². The Balaban J connectivity index is 1.94. The first-order valence-corrected chi connectivity index (χ1v) is 9.53. The lowest BCUT2D eigenvalue weighted by atomic mass is 10.00. The molecule has 1 saturated carbocycles. The van der Waals surface area contributed by atoms with Gasteiger partial charge in [-0.25, -0.2) is 4.79 Å². The Labute approximate surface area is 165 Å². The highest BCUT2D eigenvalue weighted by Gasteiger charge is 2.36. The Morgan fingerprint density at radius 3 is 2.43 bits per heavy atom. The van der Waals surface area contributed by atoms with Gasteiger partial charge in [0.05, 0.1) is 6.07 Å². The second kappa shape index (κ2) is 9.36. The molecule has 1 aromatic carbocycles. The summed E-state index contributed by atoms with van der Waals surface area (Å²) >= 11 is 0. The maximum Gasteiger partial charge on any atom is 0.329 e. The summed E-state index contributed by atoms with van der Waals surface area (Å²) in [7, 11) is 0. The van der Waals surface area contributed by atoms with E-state index in [1.807, 2.05) is 19.1 Å². The summed E-state index contributed by atoms with van der Waals surface area (Å²) in [4.78, 5) is 37.1. The van der Waals surface area contributed by atoms with Crippen molar-refractivity contribution in [2.45, 2.75) is 58.0 Å². The summed E-state index contributed by atoms with van der Waals surface area (Å²) in [6.07, 6.45) is 2.97. The Morgan fingerprint density at radius 1 is 1.21 bits per heavy atom. The normalized spacial score (nSPS) is 16.1. The van der Waals surface area contributed by atoms with E-state index in [0.717, 1.165) is 18.4 Å². The minimum Gasteiger partial charge on any atom is -0.454 e. The zero-order valence-corrected chi connectivity index (χ0v) is 16.6. The largest absolute Gasteiger partial charge is 0.454 e. The molecule has 1 aliphatic carbocycles. The van der Waals surface area contributed by atoms with E-state index in [1.165, 1.54) is 0 Å². The smallest absolute Gasteiger partial charge is 0.329 e. The van der Waals surface area contributed by atoms with Crippen LogP contribution in [0, 0.1) is 24.2 Å². The molecular formula is C21H27N3O4. The van der Waals surface area contributed by atoms with Crippen molar-refractivity contribution < 1.29 is 19.1 Å². The monoisotopic (exact) mass is 385 g/mol. The van der Waals surface area contributed by atoms with Crippen molar-refractivity contribution in [1.29, 1.82) is 5.26 Å². The number of nitrogens with one attached hydrogen (secondary N) is 2. The van der Waals surface area contributed by atoms with Crippen LogP contribution in [0.2, 0.25) is 0 Å². The van der Waals surface area contributed by atoms with Gasteiger partial charge in [-0.15, -0.1) is 0 Å². The number of aryl methyl sites for hydroxylation is 1. The van der Waals surface area contributed by atoms with Crippen LogP contribution in [0.15, 0.2) is 24.3 Å². The predicted octanol–water partition coefficient (Wildman–Crippen LogP) is 2.25. The van der Waals surface area contributed by atoms with Gasteiger partial charge in [0, 0.05) is 5.56 Å². The first-order chi connectivity index (χ1) is 13.3. The van der Waals surface area contributed by atoms with Gasteiger partial charge in [-0.1, -0.05) is 32.0 Å². The molecule has 0 unspecified atom stereocenters. The summed E-state index contributed by atoms with van der Waals surface area (Å²) in [6.45, 7) is 4.91. The SMILES string of the molecule is Cc1ccccc1C(=O)N[C@H](C(=O)OCC(=O)NC1(C#N)CCCC1)C(C)C. The number of carbonyl (C=O) groups excluding carboxylic acids is 3. The zero-order chi connectivity index (χ0) is 20.7. The summed E-state index contributed by atoms with van der Waals surface area (Å²) in [5, 5.41) is 14.7. The lowest BCUT2D eigenvalue weighted by Gasteiger charge is -2.23. The highest BCUT2D eigenvalue weighted by atomic mass is 16.5. The van der Waals surface area contributed by atoms with E-state index >= 15 is 0 Å². The van der Waals surface area contributed by atoms with Gasteiger partial charge in [-0.2, -0.15) is 5.26 Å². The Morgan fingerprint density at radius 2 is 1.86 bits per heavy atom. The average molecular weight is 385 g/mol. The molecule has 0 spiro atoms. The molecule has 28 heavy (non-hydrogen) atoms. The molecule has 0 aliphatic heterocycles. The molecule has 2 amide bonds. The van der Waals surface area contributed by atoms with Crippen LogP contribution >= 0.6 is 0 Å². The molecule has 7 nitrogen and oxygen atoms in total. The van der Waals surface area contributed by atoms with Gasteiger partial charge < -0.3 is 15.4 Å². The van der Waals surface area contributed by atoms with Crippen LogP contribution in [0.4, 0.5) is 0 Å². The van der Waals surface area contributed by atoms with Gasteiger partial charge >= 0.3 is 5.97 Å².